The number of hydrogen-bond donors (Lipinski definition) is 2. The van der Waals surface area contributed by atoms with Crippen molar-refractivity contribution in [1.82, 2.24) is 10.2 Å². The predicted molar refractivity (Wildman–Crippen MR) is 176 cm³/mol. The Hall–Kier alpha value is -3.96. The van der Waals surface area contributed by atoms with E-state index in [1.54, 1.807) is 25.1 Å². The first-order valence-corrected chi connectivity index (χ1v) is 17.1. The number of nitrogens with one attached hydrogen (secondary N) is 1. The van der Waals surface area contributed by atoms with Crippen LogP contribution < -0.4 is 29.0 Å². The van der Waals surface area contributed by atoms with E-state index in [9.17, 15) is 19.5 Å². The quantitative estimate of drug-likeness (QED) is 0.375. The fourth-order valence-electron chi connectivity index (χ4n) is 8.37. The zero-order valence-corrected chi connectivity index (χ0v) is 28.2. The van der Waals surface area contributed by atoms with Gasteiger partial charge in [0.1, 0.15) is 22.1 Å². The first-order valence-electron chi connectivity index (χ1n) is 16.7. The van der Waals surface area contributed by atoms with E-state index in [-0.39, 0.29) is 64.7 Å². The molecule has 1 aliphatic carbocycles. The molecule has 5 aliphatic rings. The summed E-state index contributed by atoms with van der Waals surface area (Å²) in [6.07, 6.45) is 5.43. The molecular formula is C36H41ClN2O9. The van der Waals surface area contributed by atoms with Gasteiger partial charge >= 0.3 is 0 Å². The van der Waals surface area contributed by atoms with Gasteiger partial charge in [-0.3, -0.25) is 14.4 Å². The molecule has 0 saturated carbocycles. The van der Waals surface area contributed by atoms with Gasteiger partial charge in [0.25, 0.3) is 0 Å². The molecule has 4 heterocycles. The molecule has 7 rings (SSSR count). The van der Waals surface area contributed by atoms with Crippen LogP contribution in [0.25, 0.3) is 0 Å². The van der Waals surface area contributed by atoms with Crippen LogP contribution in [0.5, 0.6) is 28.7 Å². The van der Waals surface area contributed by atoms with E-state index in [0.717, 1.165) is 32.4 Å². The molecule has 2 N–H and O–H groups in total. The number of aliphatic hydroxyl groups is 1. The van der Waals surface area contributed by atoms with Crippen LogP contribution >= 0.6 is 11.6 Å². The third kappa shape index (κ3) is 5.26. The Balaban J connectivity index is 1.26. The molecule has 5 unspecified atom stereocenters. The minimum Gasteiger partial charge on any atom is -0.507 e. The number of piperidine rings is 2. The lowest BCUT2D eigenvalue weighted by atomic mass is 9.69. The topological polar surface area (TPSA) is 133 Å². The van der Waals surface area contributed by atoms with Gasteiger partial charge in [-0.05, 0) is 62.4 Å². The highest BCUT2D eigenvalue weighted by molar-refractivity contribution is 6.35. The average molecular weight is 681 g/mol. The minimum atomic E-state index is -1.97. The van der Waals surface area contributed by atoms with Crippen molar-refractivity contribution in [1.29, 1.82) is 0 Å². The van der Waals surface area contributed by atoms with E-state index in [4.69, 9.17) is 35.3 Å². The summed E-state index contributed by atoms with van der Waals surface area (Å²) >= 11 is 6.63. The van der Waals surface area contributed by atoms with E-state index in [0.29, 0.717) is 35.6 Å². The number of halogens is 1. The Morgan fingerprint density at radius 1 is 1.08 bits per heavy atom. The molecule has 1 amide bonds. The monoisotopic (exact) mass is 680 g/mol. The maximum absolute atomic E-state index is 14.4. The van der Waals surface area contributed by atoms with Crippen LogP contribution in [0.3, 0.4) is 0 Å². The fraction of sp³-hybridized carbons (Fsp3) is 0.528. The Labute approximate surface area is 284 Å². The number of benzene rings is 2. The summed E-state index contributed by atoms with van der Waals surface area (Å²) in [5.41, 5.74) is -1.41. The number of ether oxygens (including phenoxy) is 5. The zero-order chi connectivity index (χ0) is 33.7. The second-order valence-electron chi connectivity index (χ2n) is 13.4. The number of allylic oxidation sites excluding steroid dienone is 1. The number of amides is 1. The maximum atomic E-state index is 14.4. The van der Waals surface area contributed by atoms with Gasteiger partial charge in [0, 0.05) is 48.9 Å². The summed E-state index contributed by atoms with van der Waals surface area (Å²) in [5, 5.41) is 15.4. The molecule has 2 aromatic rings. The van der Waals surface area contributed by atoms with Crippen LogP contribution in [0.1, 0.15) is 73.7 Å². The third-order valence-corrected chi connectivity index (χ3v) is 11.2. The van der Waals surface area contributed by atoms with Crippen LogP contribution in [0.15, 0.2) is 35.6 Å². The van der Waals surface area contributed by atoms with Gasteiger partial charge < -0.3 is 39.0 Å². The number of rotatable bonds is 8. The molecule has 0 aromatic heterocycles. The van der Waals surface area contributed by atoms with Gasteiger partial charge in [0.2, 0.25) is 24.1 Å². The SMILES string of the molecule is COc1cc(OC)c2c(c1Cl)OC1(C2=O)C(O)=C(C(CC(=O)NCC2CCCN3CCCCC23)c2ccc3c(c2)OCO3)C(=O)CC1C. The molecule has 256 valence electrons. The van der Waals surface area contributed by atoms with Gasteiger partial charge in [-0.2, -0.15) is 0 Å². The normalized spacial score (nSPS) is 27.0. The van der Waals surface area contributed by atoms with Gasteiger partial charge in [-0.25, -0.2) is 0 Å². The third-order valence-electron chi connectivity index (χ3n) is 10.8. The number of fused-ring (bicyclic) bond motifs is 3. The van der Waals surface area contributed by atoms with E-state index in [2.05, 4.69) is 10.2 Å². The summed E-state index contributed by atoms with van der Waals surface area (Å²) in [7, 11) is 2.83. The first-order chi connectivity index (χ1) is 23.2. The van der Waals surface area contributed by atoms with Gasteiger partial charge in [0.05, 0.1) is 14.2 Å². The summed E-state index contributed by atoms with van der Waals surface area (Å²) < 4.78 is 28.4. The average Bonchev–Trinajstić information content (AvgIpc) is 3.69. The van der Waals surface area contributed by atoms with Crippen molar-refractivity contribution < 1.29 is 43.2 Å². The van der Waals surface area contributed by atoms with E-state index < -0.39 is 29.0 Å². The van der Waals surface area contributed by atoms with Crippen LogP contribution in [-0.2, 0) is 9.59 Å². The van der Waals surface area contributed by atoms with Crippen LogP contribution in [0.2, 0.25) is 5.02 Å². The number of hydrogen-bond acceptors (Lipinski definition) is 10. The number of carbonyl (C=O) groups is 3. The highest BCUT2D eigenvalue weighted by atomic mass is 35.5. The van der Waals surface area contributed by atoms with Crippen molar-refractivity contribution in [2.24, 2.45) is 11.8 Å². The lowest BCUT2D eigenvalue weighted by Crippen LogP contribution is -2.53. The van der Waals surface area contributed by atoms with Crippen molar-refractivity contribution in [2.45, 2.75) is 69.4 Å². The molecule has 5 atom stereocenters. The summed E-state index contributed by atoms with van der Waals surface area (Å²) in [6.45, 7) is 4.46. The number of aliphatic hydroxyl groups excluding tert-OH is 1. The van der Waals surface area contributed by atoms with E-state index in [1.807, 2.05) is 0 Å². The first kappa shape index (κ1) is 32.6. The molecule has 12 heteroatoms. The number of Topliss-reactive ketones (excluding diaryl/α,β-unsaturated/α-hetero) is 2. The molecule has 2 saturated heterocycles. The molecule has 4 aliphatic heterocycles. The number of ketones is 2. The largest absolute Gasteiger partial charge is 0.507 e. The lowest BCUT2D eigenvalue weighted by molar-refractivity contribution is -0.122. The minimum absolute atomic E-state index is 0.00609. The van der Waals surface area contributed by atoms with Gasteiger partial charge in [0.15, 0.2) is 28.8 Å². The van der Waals surface area contributed by atoms with E-state index in [1.165, 1.54) is 33.1 Å². The Morgan fingerprint density at radius 3 is 2.65 bits per heavy atom. The molecule has 1 spiro atoms. The fourth-order valence-corrected chi connectivity index (χ4v) is 8.64. The van der Waals surface area contributed by atoms with Gasteiger partial charge in [-0.1, -0.05) is 31.0 Å². The highest BCUT2D eigenvalue weighted by Gasteiger charge is 2.61. The Kier molecular flexibility index (Phi) is 8.70. The Bertz CT molecular complexity index is 1690. The standard InChI is InChI=1S/C36H41ClN2O9/c1-19-13-24(40)30(34(42)36(19)35(43)31-27(44-2)16-28(45-3)32(37)33(31)48-36)22(20-9-10-25-26(14-20)47-18-46-25)15-29(41)38-17-21-7-6-12-39-11-5-4-8-23(21)39/h9-10,14,16,19,21-23,42H,4-8,11-13,15,17-18H2,1-3H3,(H,38,41). The van der Waals surface area contributed by atoms with Crippen molar-refractivity contribution >= 4 is 29.1 Å². The maximum Gasteiger partial charge on any atom is 0.231 e. The number of nitrogens with zero attached hydrogens (tertiary/aromatic N) is 1. The smallest absolute Gasteiger partial charge is 0.231 e. The lowest BCUT2D eigenvalue weighted by Gasteiger charge is -2.44. The summed E-state index contributed by atoms with van der Waals surface area (Å²) in [4.78, 5) is 44.7. The molecule has 0 bridgehead atoms. The summed E-state index contributed by atoms with van der Waals surface area (Å²) in [6, 6.07) is 7.13. The molecular weight excluding hydrogens is 640 g/mol. The van der Waals surface area contributed by atoms with Crippen molar-refractivity contribution in [3.8, 4) is 28.7 Å². The van der Waals surface area contributed by atoms with Crippen molar-refractivity contribution in [2.75, 3.05) is 40.6 Å². The van der Waals surface area contributed by atoms with Crippen LogP contribution in [0.4, 0.5) is 0 Å². The Morgan fingerprint density at radius 2 is 1.85 bits per heavy atom. The molecule has 2 fully saturated rings. The molecule has 2 aromatic carbocycles. The predicted octanol–water partition coefficient (Wildman–Crippen LogP) is 5.38. The van der Waals surface area contributed by atoms with Crippen LogP contribution in [-0.4, -0.2) is 79.8 Å². The zero-order valence-electron chi connectivity index (χ0n) is 27.4. The molecule has 0 radical (unpaired) electrons. The van der Waals surface area contributed by atoms with Crippen molar-refractivity contribution in [3.63, 3.8) is 0 Å². The molecule has 11 nitrogen and oxygen atoms in total. The number of methoxy groups -OCH3 is 2. The summed E-state index contributed by atoms with van der Waals surface area (Å²) in [5.74, 6) is -1.70. The van der Waals surface area contributed by atoms with Gasteiger partial charge in [-0.15, -0.1) is 0 Å². The highest BCUT2D eigenvalue weighted by Crippen LogP contribution is 2.56. The van der Waals surface area contributed by atoms with Crippen LogP contribution in [0, 0.1) is 11.8 Å². The number of carbonyl (C=O) groups excluding carboxylic acids is 3. The second-order valence-corrected chi connectivity index (χ2v) is 13.8. The van der Waals surface area contributed by atoms with Crippen molar-refractivity contribution in [3.05, 3.63) is 51.7 Å². The second kappa shape index (κ2) is 12.8. The molecule has 48 heavy (non-hydrogen) atoms. The van der Waals surface area contributed by atoms with E-state index >= 15 is 0 Å².